The molecule has 1 N–H and O–H groups in total. The van der Waals surface area contributed by atoms with Crippen molar-refractivity contribution >= 4 is 22.5 Å². The van der Waals surface area contributed by atoms with Gasteiger partial charge in [0.15, 0.2) is 0 Å². The van der Waals surface area contributed by atoms with Gasteiger partial charge in [-0.25, -0.2) is 9.97 Å². The maximum absolute atomic E-state index is 12.9. The zero-order valence-corrected chi connectivity index (χ0v) is 17.8. The van der Waals surface area contributed by atoms with Crippen LogP contribution in [0.3, 0.4) is 0 Å². The predicted molar refractivity (Wildman–Crippen MR) is 113 cm³/mol. The summed E-state index contributed by atoms with van der Waals surface area (Å²) in [6.07, 6.45) is 3.81. The van der Waals surface area contributed by atoms with E-state index in [2.05, 4.69) is 22.2 Å². The highest BCUT2D eigenvalue weighted by Crippen LogP contribution is 2.36. The molecule has 1 fully saturated rings. The van der Waals surface area contributed by atoms with E-state index in [-0.39, 0.29) is 0 Å². The maximum atomic E-state index is 12.9. The minimum atomic E-state index is -4.74. The van der Waals surface area contributed by atoms with Gasteiger partial charge in [0.1, 0.15) is 11.4 Å². The number of nitrogens with zero attached hydrogens (tertiary/aromatic N) is 4. The normalized spacial score (nSPS) is 19.2. The minimum Gasteiger partial charge on any atom is -0.494 e. The summed E-state index contributed by atoms with van der Waals surface area (Å²) in [5.74, 6) is -1.03. The van der Waals surface area contributed by atoms with Gasteiger partial charge in [-0.05, 0) is 43.7 Å². The van der Waals surface area contributed by atoms with Crippen molar-refractivity contribution in [2.75, 3.05) is 12.4 Å². The Morgan fingerprint density at radius 2 is 2.00 bits per heavy atom. The van der Waals surface area contributed by atoms with Crippen LogP contribution < -0.4 is 10.1 Å². The Kier molecular flexibility index (Phi) is 6.03. The van der Waals surface area contributed by atoms with E-state index in [1.807, 2.05) is 10.9 Å². The van der Waals surface area contributed by atoms with Crippen molar-refractivity contribution in [3.05, 3.63) is 42.1 Å². The molecule has 1 aliphatic carbocycles. The van der Waals surface area contributed by atoms with Crippen LogP contribution in [0.15, 0.2) is 30.6 Å². The van der Waals surface area contributed by atoms with E-state index < -0.39 is 23.6 Å². The van der Waals surface area contributed by atoms with Gasteiger partial charge in [-0.2, -0.15) is 18.3 Å². The fourth-order valence-corrected chi connectivity index (χ4v) is 4.15. The molecule has 0 aliphatic heterocycles. The molecular formula is C22H24F3N5O2. The molecule has 7 nitrogen and oxygen atoms in total. The lowest BCUT2D eigenvalue weighted by atomic mass is 9.85. The van der Waals surface area contributed by atoms with Crippen molar-refractivity contribution in [1.82, 2.24) is 19.7 Å². The molecule has 0 unspecified atom stereocenters. The largest absolute Gasteiger partial charge is 0.494 e. The molecule has 0 bridgehead atoms. The number of hydrogen-bond donors (Lipinski definition) is 1. The molecule has 170 valence electrons. The van der Waals surface area contributed by atoms with Crippen molar-refractivity contribution < 1.29 is 22.7 Å². The van der Waals surface area contributed by atoms with Gasteiger partial charge in [0.05, 0.1) is 24.4 Å². The molecule has 1 aromatic carbocycles. The molecule has 10 heteroatoms. The van der Waals surface area contributed by atoms with Crippen LogP contribution in [0.5, 0.6) is 5.75 Å². The maximum Gasteiger partial charge on any atom is 0.451 e. The zero-order valence-electron chi connectivity index (χ0n) is 17.8. The van der Waals surface area contributed by atoms with Crippen LogP contribution in [0.4, 0.5) is 18.9 Å². The molecule has 1 aliphatic rings. The lowest BCUT2D eigenvalue weighted by Crippen LogP contribution is -2.18. The molecule has 1 amide bonds. The van der Waals surface area contributed by atoms with Gasteiger partial charge in [0.25, 0.3) is 5.91 Å². The third kappa shape index (κ3) is 4.53. The van der Waals surface area contributed by atoms with Crippen LogP contribution in [0.2, 0.25) is 0 Å². The fourth-order valence-electron chi connectivity index (χ4n) is 4.15. The number of anilines is 1. The first-order valence-corrected chi connectivity index (χ1v) is 10.6. The van der Waals surface area contributed by atoms with Crippen molar-refractivity contribution in [2.24, 2.45) is 5.92 Å². The van der Waals surface area contributed by atoms with Crippen molar-refractivity contribution in [3.8, 4) is 5.75 Å². The first-order valence-electron chi connectivity index (χ1n) is 10.6. The molecule has 1 saturated carbocycles. The van der Waals surface area contributed by atoms with Gasteiger partial charge in [-0.3, -0.25) is 9.48 Å². The lowest BCUT2D eigenvalue weighted by molar-refractivity contribution is -0.145. The Hall–Kier alpha value is -3.17. The molecule has 32 heavy (non-hydrogen) atoms. The Morgan fingerprint density at radius 3 is 2.66 bits per heavy atom. The molecule has 0 radical (unpaired) electrons. The Balaban J connectivity index is 1.58. The third-order valence-corrected chi connectivity index (χ3v) is 6.00. The minimum absolute atomic E-state index is 0.325. The number of hydrogen-bond acceptors (Lipinski definition) is 5. The van der Waals surface area contributed by atoms with Crippen LogP contribution in [0.25, 0.3) is 10.9 Å². The first kappa shape index (κ1) is 22.0. The second-order valence-electron chi connectivity index (χ2n) is 8.02. The number of halogens is 3. The molecule has 2 heterocycles. The summed E-state index contributed by atoms with van der Waals surface area (Å²) >= 11 is 0. The molecule has 0 atom stereocenters. The van der Waals surface area contributed by atoms with Crippen LogP contribution in [-0.2, 0) is 6.18 Å². The topological polar surface area (TPSA) is 81.9 Å². The number of rotatable bonds is 5. The monoisotopic (exact) mass is 447 g/mol. The van der Waals surface area contributed by atoms with E-state index >= 15 is 0 Å². The second kappa shape index (κ2) is 8.76. The van der Waals surface area contributed by atoms with Crippen molar-refractivity contribution in [3.63, 3.8) is 0 Å². The smallest absolute Gasteiger partial charge is 0.451 e. The number of nitrogens with one attached hydrogen (secondary N) is 1. The van der Waals surface area contributed by atoms with Crippen molar-refractivity contribution in [1.29, 1.82) is 0 Å². The van der Waals surface area contributed by atoms with Crippen LogP contribution in [0.1, 0.15) is 61.4 Å². The molecule has 2 aromatic heterocycles. The highest BCUT2D eigenvalue weighted by atomic mass is 19.4. The highest BCUT2D eigenvalue weighted by molar-refractivity contribution is 6.05. The van der Waals surface area contributed by atoms with Gasteiger partial charge in [-0.15, -0.1) is 0 Å². The van der Waals surface area contributed by atoms with Crippen LogP contribution >= 0.6 is 0 Å². The molecule has 0 spiro atoms. The molecule has 0 saturated heterocycles. The number of fused-ring (bicyclic) bond motifs is 1. The number of amides is 1. The predicted octanol–water partition coefficient (Wildman–Crippen LogP) is 5.25. The standard InChI is InChI=1S/C22H24F3N5O2/c1-3-13-4-6-15(7-5-13)30-12-14-10-18(19(32-2)11-17(14)29-30)27-20(31)16-8-9-26-21(28-16)22(23,24)25/h8-13,15H,3-7H2,1-2H3,(H,27,31)/t13-,15-. The second-order valence-corrected chi connectivity index (χ2v) is 8.02. The quantitative estimate of drug-likeness (QED) is 0.578. The van der Waals surface area contributed by atoms with Gasteiger partial charge >= 0.3 is 6.18 Å². The van der Waals surface area contributed by atoms with Gasteiger partial charge in [-0.1, -0.05) is 13.3 Å². The SMILES string of the molecule is CC[C@H]1CC[C@H](n2cc3cc(NC(=O)c4ccnc(C(F)(F)F)n4)c(OC)cc3n2)CC1. The number of carbonyl (C=O) groups is 1. The lowest BCUT2D eigenvalue weighted by Gasteiger charge is -2.27. The molecule has 4 rings (SSSR count). The number of carbonyl (C=O) groups excluding carboxylic acids is 1. The Bertz CT molecular complexity index is 1120. The summed E-state index contributed by atoms with van der Waals surface area (Å²) in [7, 11) is 1.45. The molecule has 3 aromatic rings. The van der Waals surface area contributed by atoms with Crippen LogP contribution in [0, 0.1) is 5.92 Å². The average Bonchev–Trinajstić information content (AvgIpc) is 3.21. The average molecular weight is 447 g/mol. The van der Waals surface area contributed by atoms with E-state index in [9.17, 15) is 18.0 Å². The van der Waals surface area contributed by atoms with Gasteiger partial charge in [0.2, 0.25) is 5.82 Å². The summed E-state index contributed by atoms with van der Waals surface area (Å²) in [6, 6.07) is 4.87. The number of alkyl halides is 3. The van der Waals surface area contributed by atoms with Crippen molar-refractivity contribution in [2.45, 2.75) is 51.2 Å². The van der Waals surface area contributed by atoms with E-state index in [0.717, 1.165) is 41.9 Å². The third-order valence-electron chi connectivity index (χ3n) is 6.00. The van der Waals surface area contributed by atoms with E-state index in [1.54, 1.807) is 12.1 Å². The summed E-state index contributed by atoms with van der Waals surface area (Å²) < 4.78 is 45.9. The van der Waals surface area contributed by atoms with Gasteiger partial charge < -0.3 is 10.1 Å². The zero-order chi connectivity index (χ0) is 22.9. The summed E-state index contributed by atoms with van der Waals surface area (Å²) in [6.45, 7) is 2.22. The summed E-state index contributed by atoms with van der Waals surface area (Å²) in [5.41, 5.74) is 0.656. The Morgan fingerprint density at radius 1 is 1.25 bits per heavy atom. The first-order chi connectivity index (χ1) is 15.3. The Labute approximate surface area is 183 Å². The summed E-state index contributed by atoms with van der Waals surface area (Å²) in [4.78, 5) is 19.1. The summed E-state index contributed by atoms with van der Waals surface area (Å²) in [5, 5.41) is 8.09. The van der Waals surface area contributed by atoms with E-state index in [0.29, 0.717) is 17.5 Å². The van der Waals surface area contributed by atoms with Gasteiger partial charge in [0, 0.05) is 23.8 Å². The van der Waals surface area contributed by atoms with Crippen LogP contribution in [-0.4, -0.2) is 32.8 Å². The van der Waals surface area contributed by atoms with E-state index in [4.69, 9.17) is 9.84 Å². The highest BCUT2D eigenvalue weighted by Gasteiger charge is 2.35. The number of methoxy groups -OCH3 is 1. The van der Waals surface area contributed by atoms with E-state index in [1.165, 1.54) is 26.4 Å². The fraction of sp³-hybridized carbons (Fsp3) is 0.455. The number of benzene rings is 1. The molecular weight excluding hydrogens is 423 g/mol. The number of aromatic nitrogens is 4. The number of ether oxygens (including phenoxy) is 1.